The predicted octanol–water partition coefficient (Wildman–Crippen LogP) is 2.23. The van der Waals surface area contributed by atoms with Gasteiger partial charge in [-0.3, -0.25) is 14.2 Å². The molecule has 2 aromatic heterocycles. The second kappa shape index (κ2) is 7.97. The van der Waals surface area contributed by atoms with Gasteiger partial charge in [-0.05, 0) is 42.5 Å². The van der Waals surface area contributed by atoms with E-state index in [0.717, 1.165) is 22.3 Å². The summed E-state index contributed by atoms with van der Waals surface area (Å²) < 4.78 is 6.60. The number of nitrogens with zero attached hydrogens (tertiary/aromatic N) is 3. The highest BCUT2D eigenvalue weighted by atomic mass is 16.5. The van der Waals surface area contributed by atoms with E-state index in [0.29, 0.717) is 24.3 Å². The van der Waals surface area contributed by atoms with E-state index in [1.54, 1.807) is 31.6 Å². The van der Waals surface area contributed by atoms with Gasteiger partial charge in [-0.25, -0.2) is 9.97 Å². The minimum Gasteiger partial charge on any atom is -0.497 e. The summed E-state index contributed by atoms with van der Waals surface area (Å²) in [6.07, 6.45) is 3.08. The zero-order chi connectivity index (χ0) is 20.2. The molecule has 0 unspecified atom stereocenters. The van der Waals surface area contributed by atoms with E-state index in [4.69, 9.17) is 4.74 Å². The van der Waals surface area contributed by atoms with Crippen LogP contribution in [-0.2, 0) is 6.54 Å². The first-order valence-electron chi connectivity index (χ1n) is 9.06. The van der Waals surface area contributed by atoms with Gasteiger partial charge >= 0.3 is 0 Å². The van der Waals surface area contributed by atoms with E-state index in [1.165, 1.54) is 17.0 Å². The number of benzene rings is 2. The molecule has 0 fully saturated rings. The van der Waals surface area contributed by atoms with Crippen LogP contribution in [0.3, 0.4) is 0 Å². The molecule has 0 atom stereocenters. The lowest BCUT2D eigenvalue weighted by molar-refractivity contribution is 0.0952. The zero-order valence-corrected chi connectivity index (χ0v) is 15.8. The van der Waals surface area contributed by atoms with Gasteiger partial charge in [-0.2, -0.15) is 0 Å². The van der Waals surface area contributed by atoms with Gasteiger partial charge in [0.15, 0.2) is 0 Å². The molecule has 0 saturated heterocycles. The number of ether oxygens (including phenoxy) is 1. The number of carbonyl (C=O) groups is 1. The van der Waals surface area contributed by atoms with Crippen LogP contribution >= 0.6 is 0 Å². The minimum absolute atomic E-state index is 0.182. The number of H-pyrrole nitrogens is 1. The second-order valence-electron chi connectivity index (χ2n) is 6.42. The molecule has 29 heavy (non-hydrogen) atoms. The van der Waals surface area contributed by atoms with Crippen LogP contribution in [0.4, 0.5) is 0 Å². The average Bonchev–Trinajstić information content (AvgIpc) is 3.22. The third-order valence-corrected chi connectivity index (χ3v) is 4.59. The summed E-state index contributed by atoms with van der Waals surface area (Å²) in [6, 6.07) is 14.1. The van der Waals surface area contributed by atoms with Crippen molar-refractivity contribution >= 4 is 16.9 Å². The summed E-state index contributed by atoms with van der Waals surface area (Å²) in [4.78, 5) is 36.1. The highest BCUT2D eigenvalue weighted by molar-refractivity contribution is 5.97. The predicted molar refractivity (Wildman–Crippen MR) is 109 cm³/mol. The van der Waals surface area contributed by atoms with Crippen molar-refractivity contribution < 1.29 is 9.53 Å². The Hall–Kier alpha value is -3.94. The van der Waals surface area contributed by atoms with E-state index in [-0.39, 0.29) is 11.5 Å². The van der Waals surface area contributed by atoms with E-state index in [9.17, 15) is 9.59 Å². The first-order valence-corrected chi connectivity index (χ1v) is 9.06. The van der Waals surface area contributed by atoms with Crippen molar-refractivity contribution in [1.82, 2.24) is 24.8 Å². The van der Waals surface area contributed by atoms with Crippen molar-refractivity contribution in [2.45, 2.75) is 6.54 Å². The lowest BCUT2D eigenvalue weighted by Crippen LogP contribution is -2.30. The molecule has 2 N–H and O–H groups in total. The number of carbonyl (C=O) groups excluding carboxylic acids is 1. The van der Waals surface area contributed by atoms with Crippen molar-refractivity contribution in [3.63, 3.8) is 0 Å². The number of methoxy groups -OCH3 is 1. The third-order valence-electron chi connectivity index (χ3n) is 4.59. The highest BCUT2D eigenvalue weighted by Gasteiger charge is 2.08. The fraction of sp³-hybridized carbons (Fsp3) is 0.143. The van der Waals surface area contributed by atoms with Gasteiger partial charge in [0.2, 0.25) is 0 Å². The lowest BCUT2D eigenvalue weighted by Gasteiger charge is -2.09. The molecule has 0 aliphatic carbocycles. The molecule has 146 valence electrons. The van der Waals surface area contributed by atoms with Crippen molar-refractivity contribution in [1.29, 1.82) is 0 Å². The first kappa shape index (κ1) is 18.4. The van der Waals surface area contributed by atoms with Gasteiger partial charge in [-0.1, -0.05) is 0 Å². The number of hydrogen-bond acceptors (Lipinski definition) is 5. The molecule has 2 aromatic carbocycles. The fourth-order valence-corrected chi connectivity index (χ4v) is 2.98. The van der Waals surface area contributed by atoms with E-state index < -0.39 is 0 Å². The van der Waals surface area contributed by atoms with E-state index in [2.05, 4.69) is 20.3 Å². The van der Waals surface area contributed by atoms with Crippen LogP contribution in [0.25, 0.3) is 22.3 Å². The monoisotopic (exact) mass is 389 g/mol. The summed E-state index contributed by atoms with van der Waals surface area (Å²) in [5, 5.41) is 2.82. The summed E-state index contributed by atoms with van der Waals surface area (Å²) in [5.74, 6) is 0.530. The molecule has 0 bridgehead atoms. The maximum Gasteiger partial charge on any atom is 0.253 e. The van der Waals surface area contributed by atoms with Gasteiger partial charge in [0.1, 0.15) is 5.75 Å². The van der Waals surface area contributed by atoms with E-state index in [1.807, 2.05) is 24.3 Å². The first-order chi connectivity index (χ1) is 14.1. The van der Waals surface area contributed by atoms with Crippen molar-refractivity contribution in [3.05, 3.63) is 77.1 Å². The minimum atomic E-state index is -0.211. The number of hydrogen-bond donors (Lipinski definition) is 2. The quantitative estimate of drug-likeness (QED) is 0.527. The molecule has 0 spiro atoms. The Morgan fingerprint density at radius 2 is 1.97 bits per heavy atom. The molecule has 1 amide bonds. The van der Waals surface area contributed by atoms with E-state index >= 15 is 0 Å². The number of nitrogens with one attached hydrogen (secondary N) is 2. The third kappa shape index (κ3) is 4.01. The van der Waals surface area contributed by atoms with Crippen LogP contribution < -0.4 is 15.6 Å². The van der Waals surface area contributed by atoms with Crippen molar-refractivity contribution in [2.24, 2.45) is 0 Å². The standard InChI is InChI=1S/C21H19N5O3/c1-29-16-5-2-14(3-6-16)18-11-20(27)26(13-25-18)9-8-22-21(28)15-4-7-17-19(10-15)24-12-23-17/h2-7,10-13H,8-9H2,1H3,(H,22,28)(H,23,24). The second-order valence-corrected chi connectivity index (χ2v) is 6.42. The fourth-order valence-electron chi connectivity index (χ4n) is 2.98. The maximum absolute atomic E-state index is 12.4. The lowest BCUT2D eigenvalue weighted by atomic mass is 10.1. The zero-order valence-electron chi connectivity index (χ0n) is 15.8. The molecule has 4 rings (SSSR count). The Bertz CT molecular complexity index is 1210. The molecule has 4 aromatic rings. The Morgan fingerprint density at radius 3 is 2.72 bits per heavy atom. The molecule has 2 heterocycles. The van der Waals surface area contributed by atoms with Gasteiger partial charge in [0.25, 0.3) is 11.5 Å². The molecule has 8 heteroatoms. The molecular weight excluding hydrogens is 370 g/mol. The van der Waals surface area contributed by atoms with Crippen LogP contribution in [0.5, 0.6) is 5.75 Å². The molecule has 0 aliphatic heterocycles. The maximum atomic E-state index is 12.4. The number of aromatic amines is 1. The van der Waals surface area contributed by atoms with Crippen molar-refractivity contribution in [2.75, 3.05) is 13.7 Å². The molecule has 0 saturated carbocycles. The normalized spacial score (nSPS) is 10.8. The molecule has 0 aliphatic rings. The smallest absolute Gasteiger partial charge is 0.253 e. The molecular formula is C21H19N5O3. The Morgan fingerprint density at radius 1 is 1.14 bits per heavy atom. The highest BCUT2D eigenvalue weighted by Crippen LogP contribution is 2.19. The van der Waals surface area contributed by atoms with Gasteiger partial charge < -0.3 is 15.0 Å². The topological polar surface area (TPSA) is 102 Å². The Kier molecular flexibility index (Phi) is 5.07. The van der Waals surface area contributed by atoms with Crippen LogP contribution in [0.1, 0.15) is 10.4 Å². The van der Waals surface area contributed by atoms with Gasteiger partial charge in [-0.15, -0.1) is 0 Å². The summed E-state index contributed by atoms with van der Waals surface area (Å²) in [5.41, 5.74) is 3.37. The summed E-state index contributed by atoms with van der Waals surface area (Å²) >= 11 is 0. The Labute approximate surface area is 166 Å². The van der Waals surface area contributed by atoms with Gasteiger partial charge in [0.05, 0.1) is 36.5 Å². The number of rotatable bonds is 6. The molecule has 8 nitrogen and oxygen atoms in total. The number of imidazole rings is 1. The largest absolute Gasteiger partial charge is 0.497 e. The van der Waals surface area contributed by atoms with Crippen LogP contribution in [0.15, 0.2) is 66.0 Å². The van der Waals surface area contributed by atoms with Crippen LogP contribution in [0, 0.1) is 0 Å². The Balaban J connectivity index is 1.39. The summed E-state index contributed by atoms with van der Waals surface area (Å²) in [7, 11) is 1.60. The van der Waals surface area contributed by atoms with Gasteiger partial charge in [0, 0.05) is 30.3 Å². The SMILES string of the molecule is COc1ccc(-c2cc(=O)n(CCNC(=O)c3ccc4nc[nH]c4c3)cn2)cc1. The summed E-state index contributed by atoms with van der Waals surface area (Å²) in [6.45, 7) is 0.635. The number of amides is 1. The number of aromatic nitrogens is 4. The average molecular weight is 389 g/mol. The molecule has 0 radical (unpaired) electrons. The van der Waals surface area contributed by atoms with Crippen molar-refractivity contribution in [3.8, 4) is 17.0 Å². The van der Waals surface area contributed by atoms with Crippen LogP contribution in [-0.4, -0.2) is 39.1 Å². The number of fused-ring (bicyclic) bond motifs is 1. The van der Waals surface area contributed by atoms with Crippen LogP contribution in [0.2, 0.25) is 0 Å².